The van der Waals surface area contributed by atoms with E-state index >= 15 is 0 Å². The topological polar surface area (TPSA) is 83.9 Å². The van der Waals surface area contributed by atoms with Crippen molar-refractivity contribution in [2.75, 3.05) is 52.7 Å². The SMILES string of the molecule is Cc1ccc(C2=NN(C(=O)CN(CCN3CCOCC3)C(=O)c3ccccc3F)[C@@H](c3ccc4c(c3)OCO4)C2)cc1C. The molecule has 0 unspecified atom stereocenters. The average molecular weight is 587 g/mol. The number of nitrogens with zero attached hydrogens (tertiary/aromatic N) is 4. The van der Waals surface area contributed by atoms with Crippen molar-refractivity contribution in [2.45, 2.75) is 26.3 Å². The maximum absolute atomic E-state index is 14.7. The lowest BCUT2D eigenvalue weighted by Crippen LogP contribution is -2.46. The third-order valence-corrected chi connectivity index (χ3v) is 8.29. The van der Waals surface area contributed by atoms with E-state index in [1.54, 1.807) is 12.1 Å². The van der Waals surface area contributed by atoms with Crippen LogP contribution in [0.15, 0.2) is 65.8 Å². The Labute approximate surface area is 250 Å². The highest BCUT2D eigenvalue weighted by Gasteiger charge is 2.36. The summed E-state index contributed by atoms with van der Waals surface area (Å²) in [6.07, 6.45) is 0.489. The number of carbonyl (C=O) groups excluding carboxylic acids is 2. The van der Waals surface area contributed by atoms with Crippen LogP contribution in [0, 0.1) is 19.7 Å². The zero-order valence-electron chi connectivity index (χ0n) is 24.4. The van der Waals surface area contributed by atoms with Crippen LogP contribution in [0.25, 0.3) is 0 Å². The predicted octanol–water partition coefficient (Wildman–Crippen LogP) is 4.32. The second-order valence-electron chi connectivity index (χ2n) is 11.1. The third kappa shape index (κ3) is 6.25. The summed E-state index contributed by atoms with van der Waals surface area (Å²) in [4.78, 5) is 31.3. The van der Waals surface area contributed by atoms with Crippen LogP contribution in [0.5, 0.6) is 11.5 Å². The van der Waals surface area contributed by atoms with E-state index in [1.807, 2.05) is 37.3 Å². The van der Waals surface area contributed by atoms with E-state index in [9.17, 15) is 14.0 Å². The van der Waals surface area contributed by atoms with Gasteiger partial charge in [0.05, 0.1) is 30.5 Å². The van der Waals surface area contributed by atoms with Crippen molar-refractivity contribution < 1.29 is 28.2 Å². The predicted molar refractivity (Wildman–Crippen MR) is 159 cm³/mol. The molecular weight excluding hydrogens is 551 g/mol. The quantitative estimate of drug-likeness (QED) is 0.391. The first-order valence-electron chi connectivity index (χ1n) is 14.6. The Kier molecular flexibility index (Phi) is 8.40. The second-order valence-corrected chi connectivity index (χ2v) is 11.1. The molecule has 3 heterocycles. The summed E-state index contributed by atoms with van der Waals surface area (Å²) >= 11 is 0. The second kappa shape index (κ2) is 12.5. The minimum absolute atomic E-state index is 0.0645. The molecule has 1 fully saturated rings. The molecule has 0 spiro atoms. The summed E-state index contributed by atoms with van der Waals surface area (Å²) in [5.74, 6) is -0.234. The van der Waals surface area contributed by atoms with E-state index in [2.05, 4.69) is 17.9 Å². The van der Waals surface area contributed by atoms with Gasteiger partial charge in [-0.15, -0.1) is 0 Å². The van der Waals surface area contributed by atoms with E-state index in [0.29, 0.717) is 37.7 Å². The summed E-state index contributed by atoms with van der Waals surface area (Å²) in [5.41, 5.74) is 4.81. The first-order chi connectivity index (χ1) is 20.9. The molecule has 2 amide bonds. The Morgan fingerprint density at radius 2 is 1.77 bits per heavy atom. The van der Waals surface area contributed by atoms with Gasteiger partial charge in [-0.3, -0.25) is 14.5 Å². The molecule has 3 aromatic rings. The van der Waals surface area contributed by atoms with Crippen LogP contribution in [0.4, 0.5) is 4.39 Å². The Morgan fingerprint density at radius 1 is 0.977 bits per heavy atom. The molecule has 6 rings (SSSR count). The fraction of sp³-hybridized carbons (Fsp3) is 0.364. The highest BCUT2D eigenvalue weighted by molar-refractivity contribution is 6.04. The van der Waals surface area contributed by atoms with Gasteiger partial charge < -0.3 is 19.1 Å². The van der Waals surface area contributed by atoms with Crippen LogP contribution < -0.4 is 9.47 Å². The number of morpholine rings is 1. The number of benzene rings is 3. The number of halogens is 1. The summed E-state index contributed by atoms with van der Waals surface area (Å²) in [6, 6.07) is 17.2. The van der Waals surface area contributed by atoms with Crippen molar-refractivity contribution in [3.05, 3.63) is 94.3 Å². The Hall–Kier alpha value is -4.28. The first kappa shape index (κ1) is 28.8. The summed E-state index contributed by atoms with van der Waals surface area (Å²) in [6.45, 7) is 7.49. The summed E-state index contributed by atoms with van der Waals surface area (Å²) in [5, 5.41) is 6.29. The highest BCUT2D eigenvalue weighted by atomic mass is 19.1. The summed E-state index contributed by atoms with van der Waals surface area (Å²) < 4.78 is 31.3. The number of hydrogen-bond donors (Lipinski definition) is 0. The van der Waals surface area contributed by atoms with Crippen molar-refractivity contribution in [1.82, 2.24) is 14.8 Å². The Morgan fingerprint density at radius 3 is 2.56 bits per heavy atom. The van der Waals surface area contributed by atoms with Gasteiger partial charge in [-0.05, 0) is 66.4 Å². The molecule has 43 heavy (non-hydrogen) atoms. The van der Waals surface area contributed by atoms with Crippen LogP contribution in [0.2, 0.25) is 0 Å². The maximum atomic E-state index is 14.7. The van der Waals surface area contributed by atoms with Crippen LogP contribution in [-0.4, -0.2) is 85.1 Å². The molecule has 3 aromatic carbocycles. The number of amides is 2. The van der Waals surface area contributed by atoms with E-state index in [0.717, 1.165) is 35.5 Å². The highest BCUT2D eigenvalue weighted by Crippen LogP contribution is 2.39. The van der Waals surface area contributed by atoms with Gasteiger partial charge in [0.15, 0.2) is 11.5 Å². The lowest BCUT2D eigenvalue weighted by Gasteiger charge is -2.31. The monoisotopic (exact) mass is 586 g/mol. The van der Waals surface area contributed by atoms with Gasteiger partial charge in [0.1, 0.15) is 12.4 Å². The van der Waals surface area contributed by atoms with Crippen LogP contribution >= 0.6 is 0 Å². The number of hydrazone groups is 1. The molecule has 10 heteroatoms. The lowest BCUT2D eigenvalue weighted by atomic mass is 9.96. The number of aryl methyl sites for hydroxylation is 2. The third-order valence-electron chi connectivity index (χ3n) is 8.29. The largest absolute Gasteiger partial charge is 0.454 e. The smallest absolute Gasteiger partial charge is 0.262 e. The van der Waals surface area contributed by atoms with Gasteiger partial charge in [-0.25, -0.2) is 9.40 Å². The molecule has 3 aliphatic rings. The van der Waals surface area contributed by atoms with Crippen molar-refractivity contribution in [3.63, 3.8) is 0 Å². The van der Waals surface area contributed by atoms with Crippen molar-refractivity contribution in [2.24, 2.45) is 5.10 Å². The van der Waals surface area contributed by atoms with Gasteiger partial charge in [-0.1, -0.05) is 30.3 Å². The molecule has 1 atom stereocenters. The van der Waals surface area contributed by atoms with Gasteiger partial charge >= 0.3 is 0 Å². The molecule has 9 nitrogen and oxygen atoms in total. The maximum Gasteiger partial charge on any atom is 0.262 e. The van der Waals surface area contributed by atoms with Gasteiger partial charge in [0, 0.05) is 32.6 Å². The molecule has 3 aliphatic heterocycles. The van der Waals surface area contributed by atoms with E-state index < -0.39 is 17.8 Å². The Balaban J connectivity index is 1.30. The van der Waals surface area contributed by atoms with E-state index in [1.165, 1.54) is 27.6 Å². The number of fused-ring (bicyclic) bond motifs is 1. The lowest BCUT2D eigenvalue weighted by molar-refractivity contribution is -0.133. The van der Waals surface area contributed by atoms with E-state index in [-0.39, 0.29) is 31.4 Å². The first-order valence-corrected chi connectivity index (χ1v) is 14.6. The van der Waals surface area contributed by atoms with Crippen LogP contribution in [0.1, 0.15) is 45.1 Å². The molecule has 0 aliphatic carbocycles. The molecule has 224 valence electrons. The van der Waals surface area contributed by atoms with Crippen LogP contribution in [0.3, 0.4) is 0 Å². The number of ether oxygens (including phenoxy) is 3. The van der Waals surface area contributed by atoms with Gasteiger partial charge in [-0.2, -0.15) is 5.10 Å². The number of rotatable bonds is 8. The van der Waals surface area contributed by atoms with Crippen molar-refractivity contribution in [3.8, 4) is 11.5 Å². The minimum Gasteiger partial charge on any atom is -0.454 e. The van der Waals surface area contributed by atoms with Gasteiger partial charge in [0.25, 0.3) is 11.8 Å². The van der Waals surface area contributed by atoms with Crippen molar-refractivity contribution in [1.29, 1.82) is 0 Å². The Bertz CT molecular complexity index is 1550. The zero-order valence-corrected chi connectivity index (χ0v) is 24.4. The van der Waals surface area contributed by atoms with E-state index in [4.69, 9.17) is 19.3 Å². The molecule has 0 saturated carbocycles. The normalized spacial score (nSPS) is 18.1. The fourth-order valence-electron chi connectivity index (χ4n) is 5.60. The molecule has 1 saturated heterocycles. The van der Waals surface area contributed by atoms with Crippen LogP contribution in [-0.2, 0) is 9.53 Å². The van der Waals surface area contributed by atoms with Gasteiger partial charge in [0.2, 0.25) is 6.79 Å². The standard InChI is InChI=1S/C33H35FN4O5/c1-22-7-8-24(17-23(22)2)28-19-29(25-9-10-30-31(18-25)43-21-42-30)38(35-28)32(39)20-37(12-11-36-13-15-41-16-14-36)33(40)26-5-3-4-6-27(26)34/h3-10,17-18,29H,11-16,19-21H2,1-2H3/t29-/m1/s1. The average Bonchev–Trinajstić information content (AvgIpc) is 3.68. The molecule has 0 aromatic heterocycles. The molecular formula is C33H35FN4O5. The zero-order chi connectivity index (χ0) is 29.9. The number of carbonyl (C=O) groups is 2. The molecule has 0 bridgehead atoms. The summed E-state index contributed by atoms with van der Waals surface area (Å²) in [7, 11) is 0. The fourth-order valence-corrected chi connectivity index (χ4v) is 5.60. The molecule has 0 N–H and O–H groups in total. The van der Waals surface area contributed by atoms with Crippen molar-refractivity contribution >= 4 is 17.5 Å². The molecule has 0 radical (unpaired) electrons. The minimum atomic E-state index is -0.620. The number of hydrogen-bond acceptors (Lipinski definition) is 7.